The highest BCUT2D eigenvalue weighted by molar-refractivity contribution is 7.91. The van der Waals surface area contributed by atoms with Gasteiger partial charge >= 0.3 is 12.1 Å². The highest BCUT2D eigenvalue weighted by Gasteiger charge is 2.39. The zero-order valence-corrected chi connectivity index (χ0v) is 24.0. The summed E-state index contributed by atoms with van der Waals surface area (Å²) in [6.07, 6.45) is -3.75. The summed E-state index contributed by atoms with van der Waals surface area (Å²) in [6, 6.07) is 7.57. The van der Waals surface area contributed by atoms with E-state index in [0.717, 1.165) is 6.07 Å². The SMILES string of the molecule is CC1(c2nnc(-c3cc4c(cc3F)S(=O)(=O)C[C@H](N)C(=O)N4Cc3ccc(Cl)cc3)o2)CCOCC1.O=C(O)C(F)(F)F. The van der Waals surface area contributed by atoms with Crippen LogP contribution in [0.5, 0.6) is 0 Å². The van der Waals surface area contributed by atoms with Gasteiger partial charge in [-0.2, -0.15) is 13.2 Å². The molecular formula is C26H25ClF4N4O7S. The van der Waals surface area contributed by atoms with Gasteiger partial charge in [0.25, 0.3) is 5.89 Å². The molecule has 232 valence electrons. The molecule has 2 aliphatic rings. The first-order valence-electron chi connectivity index (χ1n) is 12.6. The molecule has 2 aromatic carbocycles. The van der Waals surface area contributed by atoms with E-state index in [1.165, 1.54) is 11.0 Å². The van der Waals surface area contributed by atoms with Crippen LogP contribution in [0, 0.1) is 5.82 Å². The number of fused-ring (bicyclic) bond motifs is 1. The first-order chi connectivity index (χ1) is 20.0. The zero-order valence-electron chi connectivity index (χ0n) is 22.4. The number of carboxylic acid groups (broad SMARTS) is 1. The second-order valence-electron chi connectivity index (χ2n) is 10.1. The van der Waals surface area contributed by atoms with E-state index in [9.17, 15) is 26.4 Å². The van der Waals surface area contributed by atoms with Crippen LogP contribution in [0.4, 0.5) is 23.2 Å². The number of amides is 1. The molecule has 0 saturated carbocycles. The third kappa shape index (κ3) is 7.14. The van der Waals surface area contributed by atoms with Gasteiger partial charge in [-0.3, -0.25) is 4.79 Å². The molecule has 0 radical (unpaired) electrons. The Morgan fingerprint density at radius 3 is 2.37 bits per heavy atom. The lowest BCUT2D eigenvalue weighted by atomic mass is 9.82. The number of anilines is 1. The number of benzene rings is 2. The Hall–Kier alpha value is -3.60. The smallest absolute Gasteiger partial charge is 0.475 e. The van der Waals surface area contributed by atoms with Gasteiger partial charge in [-0.15, -0.1) is 10.2 Å². The quantitative estimate of drug-likeness (QED) is 0.397. The van der Waals surface area contributed by atoms with Crippen LogP contribution in [0.1, 0.15) is 31.2 Å². The van der Waals surface area contributed by atoms with E-state index in [2.05, 4.69) is 10.2 Å². The molecule has 0 aliphatic carbocycles. The summed E-state index contributed by atoms with van der Waals surface area (Å²) in [7, 11) is -4.06. The first kappa shape index (κ1) is 32.3. The van der Waals surface area contributed by atoms with Gasteiger partial charge in [-0.25, -0.2) is 17.6 Å². The molecule has 3 aromatic rings. The lowest BCUT2D eigenvalue weighted by Gasteiger charge is -2.29. The number of sulfone groups is 1. The number of nitrogens with two attached hydrogens (primary N) is 1. The number of hydrogen-bond acceptors (Lipinski definition) is 9. The molecule has 0 bridgehead atoms. The van der Waals surface area contributed by atoms with E-state index in [1.807, 2.05) is 6.92 Å². The van der Waals surface area contributed by atoms with Crippen molar-refractivity contribution < 1.29 is 49.8 Å². The summed E-state index contributed by atoms with van der Waals surface area (Å²) < 4.78 is 84.4. The number of ether oxygens (including phenoxy) is 1. The van der Waals surface area contributed by atoms with Gasteiger partial charge in [0.1, 0.15) is 5.82 Å². The molecule has 2 aliphatic heterocycles. The molecule has 1 amide bonds. The molecule has 5 rings (SSSR count). The molecule has 1 aromatic heterocycles. The van der Waals surface area contributed by atoms with Crippen LogP contribution in [0.15, 0.2) is 45.7 Å². The summed E-state index contributed by atoms with van der Waals surface area (Å²) in [5.74, 6) is -4.63. The predicted octanol–water partition coefficient (Wildman–Crippen LogP) is 3.88. The van der Waals surface area contributed by atoms with Crippen molar-refractivity contribution in [2.24, 2.45) is 5.73 Å². The Labute approximate surface area is 247 Å². The van der Waals surface area contributed by atoms with Crippen molar-refractivity contribution in [1.29, 1.82) is 0 Å². The van der Waals surface area contributed by atoms with Crippen LogP contribution in [0.3, 0.4) is 0 Å². The van der Waals surface area contributed by atoms with E-state index in [-0.39, 0.29) is 28.6 Å². The second kappa shape index (κ2) is 12.2. The van der Waals surface area contributed by atoms with Gasteiger partial charge < -0.3 is 24.9 Å². The number of halogens is 5. The average molecular weight is 649 g/mol. The van der Waals surface area contributed by atoms with Crippen molar-refractivity contribution in [1.82, 2.24) is 10.2 Å². The number of carbonyl (C=O) groups excluding carboxylic acids is 1. The van der Waals surface area contributed by atoms with Crippen molar-refractivity contribution in [2.45, 2.75) is 48.8 Å². The standard InChI is InChI=1S/C24H24ClFN4O5S.C2HF3O2/c1-24(6-8-34-9-7-24)23-29-28-21(35-23)16-10-19-20(11-17(16)26)36(32,33)13-18(27)22(31)30(19)12-14-2-4-15(25)5-3-14;3-2(4,5)1(6)7/h2-5,10-11,18H,6-9,12-13,27H2,1H3;(H,6,7)/t18-;/m0./s1. The normalized spacial score (nSPS) is 19.6. The van der Waals surface area contributed by atoms with E-state index < -0.39 is 50.9 Å². The van der Waals surface area contributed by atoms with Crippen molar-refractivity contribution in [3.63, 3.8) is 0 Å². The Bertz CT molecular complexity index is 1630. The van der Waals surface area contributed by atoms with E-state index >= 15 is 4.39 Å². The van der Waals surface area contributed by atoms with Crippen LogP contribution >= 0.6 is 11.6 Å². The molecular weight excluding hydrogens is 624 g/mol. The maximum Gasteiger partial charge on any atom is 0.490 e. The highest BCUT2D eigenvalue weighted by atomic mass is 35.5. The Morgan fingerprint density at radius 1 is 1.19 bits per heavy atom. The maximum atomic E-state index is 15.3. The minimum absolute atomic E-state index is 0.00340. The van der Waals surface area contributed by atoms with Crippen LogP contribution < -0.4 is 10.6 Å². The number of carbonyl (C=O) groups is 2. The van der Waals surface area contributed by atoms with Crippen molar-refractivity contribution in [3.05, 3.63) is 58.7 Å². The first-order valence-corrected chi connectivity index (χ1v) is 14.6. The van der Waals surface area contributed by atoms with Gasteiger partial charge in [0.2, 0.25) is 11.8 Å². The molecule has 1 saturated heterocycles. The molecule has 0 unspecified atom stereocenters. The summed E-state index contributed by atoms with van der Waals surface area (Å²) >= 11 is 5.97. The Kier molecular flexibility index (Phi) is 9.16. The Balaban J connectivity index is 0.000000541. The maximum absolute atomic E-state index is 15.3. The number of alkyl halides is 3. The lowest BCUT2D eigenvalue weighted by molar-refractivity contribution is -0.192. The monoisotopic (exact) mass is 648 g/mol. The van der Waals surface area contributed by atoms with E-state index in [4.69, 9.17) is 36.4 Å². The van der Waals surface area contributed by atoms with Gasteiger partial charge in [0.15, 0.2) is 9.84 Å². The number of aromatic nitrogens is 2. The summed E-state index contributed by atoms with van der Waals surface area (Å²) in [5, 5.41) is 15.8. The van der Waals surface area contributed by atoms with Gasteiger partial charge in [0.05, 0.1) is 39.9 Å². The minimum atomic E-state index is -5.08. The van der Waals surface area contributed by atoms with Crippen LogP contribution in [0.25, 0.3) is 11.5 Å². The molecule has 17 heteroatoms. The van der Waals surface area contributed by atoms with Crippen LogP contribution in [-0.2, 0) is 36.1 Å². The van der Waals surface area contributed by atoms with Crippen molar-refractivity contribution in [2.75, 3.05) is 23.9 Å². The lowest BCUT2D eigenvalue weighted by Crippen LogP contribution is -2.45. The molecule has 3 heterocycles. The summed E-state index contributed by atoms with van der Waals surface area (Å²) in [6.45, 7) is 3.06. The molecule has 0 spiro atoms. The van der Waals surface area contributed by atoms with Crippen molar-refractivity contribution >= 4 is 39.0 Å². The number of nitrogens with zero attached hydrogens (tertiary/aromatic N) is 3. The van der Waals surface area contributed by atoms with E-state index in [1.54, 1.807) is 24.3 Å². The average Bonchev–Trinajstić information content (AvgIpc) is 3.41. The minimum Gasteiger partial charge on any atom is -0.475 e. The van der Waals surface area contributed by atoms with E-state index in [0.29, 0.717) is 42.5 Å². The van der Waals surface area contributed by atoms with Crippen LogP contribution in [0.2, 0.25) is 5.02 Å². The molecule has 11 nitrogen and oxygen atoms in total. The Morgan fingerprint density at radius 2 is 1.79 bits per heavy atom. The topological polar surface area (TPSA) is 166 Å². The third-order valence-electron chi connectivity index (χ3n) is 6.92. The molecule has 43 heavy (non-hydrogen) atoms. The van der Waals surface area contributed by atoms with Gasteiger partial charge in [-0.1, -0.05) is 30.7 Å². The molecule has 1 fully saturated rings. The number of carboxylic acids is 1. The fourth-order valence-electron chi connectivity index (χ4n) is 4.43. The summed E-state index contributed by atoms with van der Waals surface area (Å²) in [5.41, 5.74) is 6.11. The molecule has 3 N–H and O–H groups in total. The second-order valence-corrected chi connectivity index (χ2v) is 12.6. The van der Waals surface area contributed by atoms with Crippen molar-refractivity contribution in [3.8, 4) is 11.5 Å². The zero-order chi connectivity index (χ0) is 31.7. The predicted molar refractivity (Wildman–Crippen MR) is 143 cm³/mol. The van der Waals surface area contributed by atoms with Gasteiger partial charge in [0, 0.05) is 18.2 Å². The third-order valence-corrected chi connectivity index (χ3v) is 8.97. The highest BCUT2D eigenvalue weighted by Crippen LogP contribution is 2.39. The fraction of sp³-hybridized carbons (Fsp3) is 0.385. The molecule has 1 atom stereocenters. The van der Waals surface area contributed by atoms with Gasteiger partial charge in [-0.05, 0) is 42.7 Å². The number of hydrogen-bond donors (Lipinski definition) is 2. The number of rotatable bonds is 4. The number of aliphatic carboxylic acids is 1. The summed E-state index contributed by atoms with van der Waals surface area (Å²) in [4.78, 5) is 23.0. The fourth-order valence-corrected chi connectivity index (χ4v) is 6.12. The largest absolute Gasteiger partial charge is 0.490 e. The van der Waals surface area contributed by atoms with Crippen LogP contribution in [-0.4, -0.2) is 66.8 Å².